The van der Waals surface area contributed by atoms with Crippen LogP contribution in [0.25, 0.3) is 0 Å². The van der Waals surface area contributed by atoms with Crippen LogP contribution in [0.4, 0.5) is 0 Å². The highest BCUT2D eigenvalue weighted by atomic mass is 79.9. The van der Waals surface area contributed by atoms with E-state index >= 15 is 0 Å². The van der Waals surface area contributed by atoms with Crippen LogP contribution in [0.2, 0.25) is 0 Å². The molecule has 0 aliphatic rings. The van der Waals surface area contributed by atoms with Crippen molar-refractivity contribution < 1.29 is 5.11 Å². The van der Waals surface area contributed by atoms with Gasteiger partial charge in [0.25, 0.3) is 0 Å². The Hall–Kier alpha value is -0.340. The zero-order valence-electron chi connectivity index (χ0n) is 10.9. The van der Waals surface area contributed by atoms with Gasteiger partial charge in [0.1, 0.15) is 0 Å². The summed E-state index contributed by atoms with van der Waals surface area (Å²) in [6.07, 6.45) is 7.03. The fraction of sp³-hybridized carbons (Fsp3) is 0.600. The molecule has 0 aromatic heterocycles. The smallest absolute Gasteiger partial charge is 0.0868 e. The van der Waals surface area contributed by atoms with Crippen LogP contribution in [0.3, 0.4) is 0 Å². The van der Waals surface area contributed by atoms with E-state index < -0.39 is 5.60 Å². The summed E-state index contributed by atoms with van der Waals surface area (Å²) in [6, 6.07) is 7.97. The summed E-state index contributed by atoms with van der Waals surface area (Å²) in [7, 11) is 0. The first-order valence-electron chi connectivity index (χ1n) is 6.54. The van der Waals surface area contributed by atoms with E-state index in [1.54, 1.807) is 0 Å². The molecule has 0 bridgehead atoms. The predicted octanol–water partition coefficient (Wildman–Crippen LogP) is 5.02. The van der Waals surface area contributed by atoms with Crippen molar-refractivity contribution in [2.24, 2.45) is 0 Å². The van der Waals surface area contributed by atoms with E-state index in [4.69, 9.17) is 0 Å². The van der Waals surface area contributed by atoms with Crippen LogP contribution in [0.15, 0.2) is 28.7 Å². The highest BCUT2D eigenvalue weighted by Crippen LogP contribution is 2.28. The summed E-state index contributed by atoms with van der Waals surface area (Å²) in [4.78, 5) is 0. The molecule has 96 valence electrons. The Balaban J connectivity index is 2.42. The lowest BCUT2D eigenvalue weighted by atomic mass is 9.90. The van der Waals surface area contributed by atoms with E-state index in [2.05, 4.69) is 22.9 Å². The van der Waals surface area contributed by atoms with Gasteiger partial charge in [-0.15, -0.1) is 0 Å². The molecule has 1 nitrogen and oxygen atoms in total. The summed E-state index contributed by atoms with van der Waals surface area (Å²) < 4.78 is 1.06. The Morgan fingerprint density at radius 1 is 1.06 bits per heavy atom. The van der Waals surface area contributed by atoms with Crippen LogP contribution in [0.1, 0.15) is 57.9 Å². The molecule has 1 atom stereocenters. The van der Waals surface area contributed by atoms with Crippen LogP contribution in [-0.4, -0.2) is 5.11 Å². The van der Waals surface area contributed by atoms with Crippen LogP contribution >= 0.6 is 15.9 Å². The zero-order chi connectivity index (χ0) is 12.7. The Bertz CT molecular complexity index is 316. The minimum Gasteiger partial charge on any atom is -0.385 e. The molecule has 0 heterocycles. The van der Waals surface area contributed by atoms with Gasteiger partial charge >= 0.3 is 0 Å². The van der Waals surface area contributed by atoms with E-state index in [1.165, 1.54) is 25.7 Å². The van der Waals surface area contributed by atoms with Crippen molar-refractivity contribution in [3.63, 3.8) is 0 Å². The highest BCUT2D eigenvalue weighted by molar-refractivity contribution is 9.10. The molecule has 0 amide bonds. The quantitative estimate of drug-likeness (QED) is 0.701. The molecule has 0 spiro atoms. The average molecular weight is 299 g/mol. The number of hydrogen-bond acceptors (Lipinski definition) is 1. The Labute approximate surface area is 113 Å². The minimum absolute atomic E-state index is 0.688. The van der Waals surface area contributed by atoms with Gasteiger partial charge in [0, 0.05) is 4.47 Å². The lowest BCUT2D eigenvalue weighted by Gasteiger charge is -2.24. The molecule has 0 saturated carbocycles. The summed E-state index contributed by atoms with van der Waals surface area (Å²) in [5.41, 5.74) is 0.323. The number of benzene rings is 1. The van der Waals surface area contributed by atoms with E-state index in [0.717, 1.165) is 22.9 Å². The number of unbranched alkanes of at least 4 members (excludes halogenated alkanes) is 4. The summed E-state index contributed by atoms with van der Waals surface area (Å²) >= 11 is 3.41. The maximum absolute atomic E-state index is 10.4. The molecule has 1 unspecified atom stereocenters. The SMILES string of the molecule is CCCCCCCC(C)(O)c1ccc(Br)cc1. The van der Waals surface area contributed by atoms with Crippen molar-refractivity contribution in [2.45, 2.75) is 58.0 Å². The number of aliphatic hydroxyl groups is 1. The van der Waals surface area contributed by atoms with E-state index in [9.17, 15) is 5.11 Å². The predicted molar refractivity (Wildman–Crippen MR) is 77.1 cm³/mol. The topological polar surface area (TPSA) is 20.2 Å². The monoisotopic (exact) mass is 298 g/mol. The average Bonchev–Trinajstić information content (AvgIpc) is 2.29. The lowest BCUT2D eigenvalue weighted by molar-refractivity contribution is 0.0448. The second kappa shape index (κ2) is 7.17. The maximum atomic E-state index is 10.4. The van der Waals surface area contributed by atoms with Gasteiger partial charge in [-0.25, -0.2) is 0 Å². The summed E-state index contributed by atoms with van der Waals surface area (Å²) in [6.45, 7) is 4.13. The first-order valence-corrected chi connectivity index (χ1v) is 7.34. The summed E-state index contributed by atoms with van der Waals surface area (Å²) in [5, 5.41) is 10.4. The van der Waals surface area contributed by atoms with Crippen molar-refractivity contribution in [2.75, 3.05) is 0 Å². The van der Waals surface area contributed by atoms with Crippen molar-refractivity contribution >= 4 is 15.9 Å². The van der Waals surface area contributed by atoms with Crippen molar-refractivity contribution in [3.05, 3.63) is 34.3 Å². The Morgan fingerprint density at radius 2 is 1.65 bits per heavy atom. The van der Waals surface area contributed by atoms with Gasteiger partial charge in [-0.2, -0.15) is 0 Å². The summed E-state index contributed by atoms with van der Waals surface area (Å²) in [5.74, 6) is 0. The normalized spacial score (nSPS) is 14.6. The molecule has 2 heteroatoms. The third-order valence-electron chi connectivity index (χ3n) is 3.23. The molecular weight excluding hydrogens is 276 g/mol. The first kappa shape index (κ1) is 14.7. The van der Waals surface area contributed by atoms with E-state index in [0.29, 0.717) is 0 Å². The molecule has 1 N–H and O–H groups in total. The minimum atomic E-state index is -0.688. The second-order valence-electron chi connectivity index (χ2n) is 4.94. The fourth-order valence-electron chi connectivity index (χ4n) is 2.03. The van der Waals surface area contributed by atoms with Gasteiger partial charge in [0.05, 0.1) is 5.60 Å². The number of halogens is 1. The molecule has 1 rings (SSSR count). The standard InChI is InChI=1S/C15H23BrO/c1-3-4-5-6-7-12-15(2,17)13-8-10-14(16)11-9-13/h8-11,17H,3-7,12H2,1-2H3. The third-order valence-corrected chi connectivity index (χ3v) is 3.76. The van der Waals surface area contributed by atoms with Crippen LogP contribution < -0.4 is 0 Å². The van der Waals surface area contributed by atoms with Gasteiger partial charge in [-0.05, 0) is 31.0 Å². The molecule has 17 heavy (non-hydrogen) atoms. The number of hydrogen-bond donors (Lipinski definition) is 1. The van der Waals surface area contributed by atoms with Gasteiger partial charge in [-0.3, -0.25) is 0 Å². The Kier molecular flexibility index (Phi) is 6.21. The fourth-order valence-corrected chi connectivity index (χ4v) is 2.29. The molecule has 0 saturated heterocycles. The molecular formula is C15H23BrO. The molecule has 1 aromatic rings. The second-order valence-corrected chi connectivity index (χ2v) is 5.86. The zero-order valence-corrected chi connectivity index (χ0v) is 12.5. The van der Waals surface area contributed by atoms with Gasteiger partial charge in [0.15, 0.2) is 0 Å². The van der Waals surface area contributed by atoms with Gasteiger partial charge < -0.3 is 5.11 Å². The lowest BCUT2D eigenvalue weighted by Crippen LogP contribution is -2.20. The van der Waals surface area contributed by atoms with Gasteiger partial charge in [0.2, 0.25) is 0 Å². The van der Waals surface area contributed by atoms with Crippen molar-refractivity contribution in [1.29, 1.82) is 0 Å². The molecule has 0 aliphatic heterocycles. The maximum Gasteiger partial charge on any atom is 0.0868 e. The highest BCUT2D eigenvalue weighted by Gasteiger charge is 2.21. The molecule has 0 aliphatic carbocycles. The molecule has 0 fully saturated rings. The molecule has 0 radical (unpaired) electrons. The van der Waals surface area contributed by atoms with Gasteiger partial charge in [-0.1, -0.05) is 67.1 Å². The first-order chi connectivity index (χ1) is 8.06. The largest absolute Gasteiger partial charge is 0.385 e. The number of rotatable bonds is 7. The van der Waals surface area contributed by atoms with Crippen LogP contribution in [0.5, 0.6) is 0 Å². The molecule has 1 aromatic carbocycles. The van der Waals surface area contributed by atoms with Crippen molar-refractivity contribution in [1.82, 2.24) is 0 Å². The van der Waals surface area contributed by atoms with Crippen molar-refractivity contribution in [3.8, 4) is 0 Å². The Morgan fingerprint density at radius 3 is 2.24 bits per heavy atom. The van der Waals surface area contributed by atoms with Crippen LogP contribution in [-0.2, 0) is 5.60 Å². The van der Waals surface area contributed by atoms with E-state index in [1.807, 2.05) is 31.2 Å². The van der Waals surface area contributed by atoms with Crippen LogP contribution in [0, 0.1) is 0 Å². The van der Waals surface area contributed by atoms with E-state index in [-0.39, 0.29) is 0 Å². The third kappa shape index (κ3) is 5.22.